The Hall–Kier alpha value is -1.80. The Morgan fingerprint density at radius 3 is 1.06 bits per heavy atom. The molecule has 3 aliphatic rings. The van der Waals surface area contributed by atoms with Gasteiger partial charge in [0, 0.05) is 0 Å². The number of rotatable bonds is 0. The van der Waals surface area contributed by atoms with Crippen LogP contribution in [0.1, 0.15) is 0 Å². The van der Waals surface area contributed by atoms with Gasteiger partial charge in [0.15, 0.2) is 24.4 Å². The third kappa shape index (κ3) is 1.05. The van der Waals surface area contributed by atoms with Crippen molar-refractivity contribution in [1.82, 2.24) is 0 Å². The summed E-state index contributed by atoms with van der Waals surface area (Å²) >= 11 is 0. The quantitative estimate of drug-likeness (QED) is 0.336. The van der Waals surface area contributed by atoms with E-state index in [1.807, 2.05) is 0 Å². The van der Waals surface area contributed by atoms with E-state index in [1.54, 1.807) is 0 Å². The number of carbonyl (C=O) groups is 4. The molecule has 8 nitrogen and oxygen atoms in total. The first-order valence-corrected chi connectivity index (χ1v) is 4.40. The fraction of sp³-hybridized carbons (Fsp3) is 0.500. The molecule has 4 atom stereocenters. The highest BCUT2D eigenvalue weighted by atomic mass is 16.7. The van der Waals surface area contributed by atoms with Crippen LogP contribution in [-0.4, -0.2) is 48.3 Å². The van der Waals surface area contributed by atoms with Crippen molar-refractivity contribution in [2.45, 2.75) is 24.4 Å². The van der Waals surface area contributed by atoms with Gasteiger partial charge in [0.1, 0.15) is 0 Å². The summed E-state index contributed by atoms with van der Waals surface area (Å²) in [4.78, 5) is 44.4. The Morgan fingerprint density at radius 2 is 0.812 bits per heavy atom. The summed E-state index contributed by atoms with van der Waals surface area (Å²) in [6.45, 7) is 0. The lowest BCUT2D eigenvalue weighted by molar-refractivity contribution is -0.198. The number of hydrogen-bond acceptors (Lipinski definition) is 8. The number of esters is 4. The predicted molar refractivity (Wildman–Crippen MR) is 39.5 cm³/mol. The summed E-state index contributed by atoms with van der Waals surface area (Å²) in [6.07, 6.45) is -5.20. The summed E-state index contributed by atoms with van der Waals surface area (Å²) in [5, 5.41) is 0. The molecule has 0 N–H and O–H groups in total. The van der Waals surface area contributed by atoms with Gasteiger partial charge < -0.3 is 18.9 Å². The average molecular weight is 228 g/mol. The van der Waals surface area contributed by atoms with Gasteiger partial charge in [-0.1, -0.05) is 0 Å². The molecule has 0 aliphatic carbocycles. The Bertz CT molecular complexity index is 350. The first kappa shape index (κ1) is 9.43. The predicted octanol–water partition coefficient (Wildman–Crippen LogP) is -2.33. The summed E-state index contributed by atoms with van der Waals surface area (Å²) < 4.78 is 18.5. The lowest BCUT2D eigenvalue weighted by Gasteiger charge is -2.27. The zero-order chi connectivity index (χ0) is 11.4. The molecule has 4 unspecified atom stereocenters. The Balaban J connectivity index is 1.92. The molecule has 3 heterocycles. The number of cyclic esters (lactones) is 4. The smallest absolute Gasteiger partial charge is 0.346 e. The van der Waals surface area contributed by atoms with Crippen molar-refractivity contribution in [2.24, 2.45) is 0 Å². The molecular formula is C8H4O8. The minimum Gasteiger partial charge on any atom is -0.389 e. The van der Waals surface area contributed by atoms with Gasteiger partial charge >= 0.3 is 23.9 Å². The third-order valence-electron chi connectivity index (χ3n) is 2.47. The van der Waals surface area contributed by atoms with Crippen LogP contribution >= 0.6 is 0 Å². The Labute approximate surface area is 87.4 Å². The van der Waals surface area contributed by atoms with Crippen molar-refractivity contribution in [3.05, 3.63) is 0 Å². The van der Waals surface area contributed by atoms with Crippen LogP contribution in [0.15, 0.2) is 0 Å². The number of carbonyl (C=O) groups excluding carboxylic acids is 4. The van der Waals surface area contributed by atoms with Gasteiger partial charge in [-0.15, -0.1) is 0 Å². The fourth-order valence-corrected chi connectivity index (χ4v) is 1.75. The van der Waals surface area contributed by atoms with E-state index < -0.39 is 48.3 Å². The molecule has 16 heavy (non-hydrogen) atoms. The van der Waals surface area contributed by atoms with E-state index in [1.165, 1.54) is 0 Å². The van der Waals surface area contributed by atoms with E-state index in [0.29, 0.717) is 0 Å². The van der Waals surface area contributed by atoms with Gasteiger partial charge in [-0.3, -0.25) is 0 Å². The highest BCUT2D eigenvalue weighted by Crippen LogP contribution is 2.31. The fourth-order valence-electron chi connectivity index (χ4n) is 1.75. The maximum absolute atomic E-state index is 11.1. The highest BCUT2D eigenvalue weighted by Gasteiger charge is 2.60. The maximum atomic E-state index is 11.1. The van der Waals surface area contributed by atoms with E-state index in [9.17, 15) is 19.2 Å². The highest BCUT2D eigenvalue weighted by molar-refractivity contribution is 6.03. The minimum absolute atomic E-state index is 0.930. The van der Waals surface area contributed by atoms with Crippen LogP contribution in [0.25, 0.3) is 0 Å². The largest absolute Gasteiger partial charge is 0.389 e. The first-order chi connectivity index (χ1) is 7.58. The van der Waals surface area contributed by atoms with Crippen molar-refractivity contribution in [3.63, 3.8) is 0 Å². The maximum Gasteiger partial charge on any atom is 0.346 e. The molecule has 3 rings (SSSR count). The third-order valence-corrected chi connectivity index (χ3v) is 2.47. The van der Waals surface area contributed by atoms with Gasteiger partial charge in [0.05, 0.1) is 0 Å². The number of hydrogen-bond donors (Lipinski definition) is 0. The number of ether oxygens (including phenoxy) is 4. The molecule has 8 heteroatoms. The zero-order valence-corrected chi connectivity index (χ0v) is 7.58. The van der Waals surface area contributed by atoms with Crippen LogP contribution in [0.3, 0.4) is 0 Å². The normalized spacial score (nSPS) is 41.5. The molecule has 0 aromatic rings. The van der Waals surface area contributed by atoms with Crippen molar-refractivity contribution in [2.75, 3.05) is 0 Å². The second kappa shape index (κ2) is 2.86. The van der Waals surface area contributed by atoms with Crippen LogP contribution in [0.2, 0.25) is 0 Å². The standard InChI is InChI=1S/C8H4O8/c9-5-1-2(6(10)15-5)14-4-3(13-1)7(11)16-8(4)12/h1-4H. The summed E-state index contributed by atoms with van der Waals surface area (Å²) in [6, 6.07) is 0. The summed E-state index contributed by atoms with van der Waals surface area (Å²) in [5.41, 5.74) is 0. The monoisotopic (exact) mass is 228 g/mol. The summed E-state index contributed by atoms with van der Waals surface area (Å²) in [5.74, 6) is -3.72. The van der Waals surface area contributed by atoms with Gasteiger partial charge in [0.25, 0.3) is 0 Å². The SMILES string of the molecule is O=C1OC(=O)C2OC3C(=O)OC(=O)C3OC12. The summed E-state index contributed by atoms with van der Waals surface area (Å²) in [7, 11) is 0. The second-order valence-corrected chi connectivity index (χ2v) is 3.43. The molecule has 0 saturated carbocycles. The topological polar surface area (TPSA) is 105 Å². The molecule has 0 spiro atoms. The van der Waals surface area contributed by atoms with Gasteiger partial charge in [0.2, 0.25) is 0 Å². The van der Waals surface area contributed by atoms with E-state index in [2.05, 4.69) is 9.47 Å². The molecular weight excluding hydrogens is 224 g/mol. The molecule has 3 aliphatic heterocycles. The van der Waals surface area contributed by atoms with Crippen LogP contribution < -0.4 is 0 Å². The van der Waals surface area contributed by atoms with Crippen molar-refractivity contribution in [1.29, 1.82) is 0 Å². The first-order valence-electron chi connectivity index (χ1n) is 4.40. The average Bonchev–Trinajstić information content (AvgIpc) is 2.67. The Morgan fingerprint density at radius 1 is 0.562 bits per heavy atom. The Kier molecular flexibility index (Phi) is 1.69. The zero-order valence-electron chi connectivity index (χ0n) is 7.58. The van der Waals surface area contributed by atoms with Crippen molar-refractivity contribution >= 4 is 23.9 Å². The lowest BCUT2D eigenvalue weighted by atomic mass is 10.1. The van der Waals surface area contributed by atoms with E-state index >= 15 is 0 Å². The molecule has 0 radical (unpaired) electrons. The molecule has 84 valence electrons. The molecule has 0 aromatic heterocycles. The number of fused-ring (bicyclic) bond motifs is 2. The van der Waals surface area contributed by atoms with E-state index in [0.717, 1.165) is 0 Å². The van der Waals surface area contributed by atoms with Gasteiger partial charge in [-0.2, -0.15) is 0 Å². The molecule has 0 aromatic carbocycles. The van der Waals surface area contributed by atoms with Gasteiger partial charge in [-0.25, -0.2) is 19.2 Å². The van der Waals surface area contributed by atoms with Crippen molar-refractivity contribution < 1.29 is 38.1 Å². The molecule has 0 amide bonds. The van der Waals surface area contributed by atoms with Crippen LogP contribution in [0.4, 0.5) is 0 Å². The van der Waals surface area contributed by atoms with Crippen molar-refractivity contribution in [3.8, 4) is 0 Å². The second-order valence-electron chi connectivity index (χ2n) is 3.43. The molecule has 0 bridgehead atoms. The van der Waals surface area contributed by atoms with Crippen LogP contribution in [0, 0.1) is 0 Å². The van der Waals surface area contributed by atoms with Crippen LogP contribution in [0.5, 0.6) is 0 Å². The molecule has 3 saturated heterocycles. The van der Waals surface area contributed by atoms with Gasteiger partial charge in [-0.05, 0) is 0 Å². The lowest BCUT2D eigenvalue weighted by Crippen LogP contribution is -2.51. The van der Waals surface area contributed by atoms with Crippen LogP contribution in [-0.2, 0) is 38.1 Å². The van der Waals surface area contributed by atoms with E-state index in [4.69, 9.17) is 9.47 Å². The van der Waals surface area contributed by atoms with E-state index in [-0.39, 0.29) is 0 Å². The molecule has 3 fully saturated rings. The minimum atomic E-state index is -1.30.